The number of benzene rings is 3. The molecule has 0 fully saturated rings. The average Bonchev–Trinajstić information content (AvgIpc) is 3.81. The molecule has 0 spiro atoms. The van der Waals surface area contributed by atoms with Crippen molar-refractivity contribution in [3.05, 3.63) is 162 Å². The number of aromatic nitrogens is 4. The summed E-state index contributed by atoms with van der Waals surface area (Å²) in [6, 6.07) is 32.4. The SMILES string of the molecule is C1=CCC(c2nc(-c3ccccc3)nc(-c3cc(C4=CCC(c5ccccn5)C=C4)cc(-c4cc5cc6sccc6cc5s4)c3)n2)C=C1. The van der Waals surface area contributed by atoms with Gasteiger partial charge in [0.05, 0.1) is 0 Å². The maximum Gasteiger partial charge on any atom is 0.163 e. The maximum absolute atomic E-state index is 5.15. The van der Waals surface area contributed by atoms with Gasteiger partial charge in [-0.25, -0.2) is 15.0 Å². The lowest BCUT2D eigenvalue weighted by Crippen LogP contribution is -2.08. The molecule has 3 aromatic carbocycles. The van der Waals surface area contributed by atoms with Crippen molar-refractivity contribution in [3.8, 4) is 33.2 Å². The zero-order chi connectivity index (χ0) is 31.9. The monoisotopic (exact) mass is 654 g/mol. The molecule has 2 unspecified atom stereocenters. The van der Waals surface area contributed by atoms with Crippen molar-refractivity contribution < 1.29 is 0 Å². The van der Waals surface area contributed by atoms with E-state index in [0.717, 1.165) is 46.6 Å². The highest BCUT2D eigenvalue weighted by molar-refractivity contribution is 7.22. The number of nitrogens with zero attached hydrogens (tertiary/aromatic N) is 4. The molecule has 2 aliphatic carbocycles. The van der Waals surface area contributed by atoms with Gasteiger partial charge in [-0.3, -0.25) is 4.98 Å². The second-order valence-electron chi connectivity index (χ2n) is 12.2. The van der Waals surface area contributed by atoms with Crippen LogP contribution in [-0.4, -0.2) is 19.9 Å². The van der Waals surface area contributed by atoms with Gasteiger partial charge in [0.15, 0.2) is 11.6 Å². The third-order valence-electron chi connectivity index (χ3n) is 9.06. The fourth-order valence-electron chi connectivity index (χ4n) is 6.53. The van der Waals surface area contributed by atoms with Crippen molar-refractivity contribution in [2.45, 2.75) is 24.7 Å². The van der Waals surface area contributed by atoms with Crippen LogP contribution in [0.15, 0.2) is 145 Å². The van der Waals surface area contributed by atoms with Gasteiger partial charge < -0.3 is 0 Å². The highest BCUT2D eigenvalue weighted by Gasteiger charge is 2.20. The molecule has 2 aliphatic rings. The van der Waals surface area contributed by atoms with E-state index in [4.69, 9.17) is 15.0 Å². The summed E-state index contributed by atoms with van der Waals surface area (Å²) in [4.78, 5) is 21.1. The van der Waals surface area contributed by atoms with Crippen molar-refractivity contribution >= 4 is 48.4 Å². The minimum atomic E-state index is 0.103. The number of allylic oxidation sites excluding steroid dienone is 8. The maximum atomic E-state index is 5.15. The van der Waals surface area contributed by atoms with Crippen LogP contribution in [0.25, 0.3) is 59.0 Å². The Morgan fingerprint density at radius 2 is 1.46 bits per heavy atom. The van der Waals surface area contributed by atoms with Gasteiger partial charge in [-0.15, -0.1) is 22.7 Å². The molecule has 0 N–H and O–H groups in total. The minimum Gasteiger partial charge on any atom is -0.261 e. The summed E-state index contributed by atoms with van der Waals surface area (Å²) in [6.45, 7) is 0. The Labute approximate surface area is 287 Å². The van der Waals surface area contributed by atoms with Crippen molar-refractivity contribution in [1.82, 2.24) is 19.9 Å². The Hall–Kier alpha value is -5.30. The Kier molecular flexibility index (Phi) is 7.45. The molecule has 48 heavy (non-hydrogen) atoms. The summed E-state index contributed by atoms with van der Waals surface area (Å²) in [6.07, 6.45) is 19.1. The number of rotatable bonds is 6. The summed E-state index contributed by atoms with van der Waals surface area (Å²) < 4.78 is 2.61. The van der Waals surface area contributed by atoms with E-state index >= 15 is 0 Å². The summed E-state index contributed by atoms with van der Waals surface area (Å²) in [5.41, 5.74) is 6.58. The van der Waals surface area contributed by atoms with Gasteiger partial charge in [0.2, 0.25) is 0 Å². The van der Waals surface area contributed by atoms with Crippen LogP contribution >= 0.6 is 22.7 Å². The van der Waals surface area contributed by atoms with Gasteiger partial charge >= 0.3 is 0 Å². The van der Waals surface area contributed by atoms with Crippen molar-refractivity contribution in [2.75, 3.05) is 0 Å². The molecular formula is C42H30N4S2. The third-order valence-corrected chi connectivity index (χ3v) is 11.1. The molecule has 0 saturated heterocycles. The topological polar surface area (TPSA) is 51.6 Å². The van der Waals surface area contributed by atoms with Gasteiger partial charge in [0.25, 0.3) is 0 Å². The van der Waals surface area contributed by atoms with Gasteiger partial charge in [-0.1, -0.05) is 78.9 Å². The van der Waals surface area contributed by atoms with E-state index in [1.54, 1.807) is 11.3 Å². The largest absolute Gasteiger partial charge is 0.261 e. The van der Waals surface area contributed by atoms with Crippen LogP contribution in [0.2, 0.25) is 0 Å². The highest BCUT2D eigenvalue weighted by Crippen LogP contribution is 2.40. The van der Waals surface area contributed by atoms with Gasteiger partial charge in [0.1, 0.15) is 5.82 Å². The number of fused-ring (bicyclic) bond motifs is 2. The molecule has 0 aliphatic heterocycles. The second-order valence-corrected chi connectivity index (χ2v) is 14.3. The zero-order valence-corrected chi connectivity index (χ0v) is 27.7. The second kappa shape index (κ2) is 12.4. The van der Waals surface area contributed by atoms with E-state index in [2.05, 4.69) is 120 Å². The Morgan fingerprint density at radius 1 is 0.625 bits per heavy atom. The standard InChI is InChI=1S/C42H30N4S2/c1-3-9-29(10-4-1)40-44-41(30-11-5-2-6-12-30)46-42(45-40)35-22-32(27-14-16-28(17-15-27)36-13-7-8-19-43-36)21-33(23-35)39-26-34-25-37-31(18-20-47-37)24-38(34)48-39/h1-11,13-16,18-26,28,30H,12,17H2. The predicted octanol–water partition coefficient (Wildman–Crippen LogP) is 11.4. The predicted molar refractivity (Wildman–Crippen MR) is 201 cm³/mol. The van der Waals surface area contributed by atoms with E-state index in [0.29, 0.717) is 11.6 Å². The first-order valence-electron chi connectivity index (χ1n) is 16.2. The molecule has 0 saturated carbocycles. The molecule has 6 heteroatoms. The van der Waals surface area contributed by atoms with E-state index in [1.165, 1.54) is 30.6 Å². The first-order valence-corrected chi connectivity index (χ1v) is 17.9. The van der Waals surface area contributed by atoms with Crippen molar-refractivity contribution in [1.29, 1.82) is 0 Å². The lowest BCUT2D eigenvalue weighted by Gasteiger charge is -2.18. The van der Waals surface area contributed by atoms with E-state index in [9.17, 15) is 0 Å². The Bertz CT molecular complexity index is 2370. The van der Waals surface area contributed by atoms with E-state index < -0.39 is 0 Å². The fraction of sp³-hybridized carbons (Fsp3) is 0.0952. The first-order chi connectivity index (χ1) is 23.7. The molecule has 0 bridgehead atoms. The van der Waals surface area contributed by atoms with Crippen molar-refractivity contribution in [3.63, 3.8) is 0 Å². The lowest BCUT2D eigenvalue weighted by atomic mass is 9.89. The number of hydrogen-bond donors (Lipinski definition) is 0. The van der Waals surface area contributed by atoms with E-state index in [-0.39, 0.29) is 11.8 Å². The lowest BCUT2D eigenvalue weighted by molar-refractivity contribution is 0.764. The number of thiophene rings is 2. The van der Waals surface area contributed by atoms with Crippen LogP contribution < -0.4 is 0 Å². The quantitative estimate of drug-likeness (QED) is 0.179. The average molecular weight is 655 g/mol. The minimum absolute atomic E-state index is 0.103. The van der Waals surface area contributed by atoms with Gasteiger partial charge in [-0.2, -0.15) is 0 Å². The molecule has 0 amide bonds. The Balaban J connectivity index is 1.19. The molecule has 4 heterocycles. The molecule has 2 atom stereocenters. The molecule has 9 rings (SSSR count). The zero-order valence-electron chi connectivity index (χ0n) is 26.0. The molecule has 7 aromatic rings. The summed E-state index contributed by atoms with van der Waals surface area (Å²) in [7, 11) is 0. The molecule has 4 nitrogen and oxygen atoms in total. The van der Waals surface area contributed by atoms with Crippen LogP contribution in [0.1, 0.15) is 41.8 Å². The highest BCUT2D eigenvalue weighted by atomic mass is 32.1. The number of pyridine rings is 1. The molecule has 4 aromatic heterocycles. The Morgan fingerprint density at radius 3 is 2.27 bits per heavy atom. The van der Waals surface area contributed by atoms with Gasteiger partial charge in [0, 0.05) is 49.1 Å². The van der Waals surface area contributed by atoms with Crippen LogP contribution in [0.4, 0.5) is 0 Å². The van der Waals surface area contributed by atoms with E-state index in [1.807, 2.05) is 41.8 Å². The van der Waals surface area contributed by atoms with Crippen LogP contribution in [0, 0.1) is 0 Å². The molecule has 230 valence electrons. The van der Waals surface area contributed by atoms with Crippen molar-refractivity contribution in [2.24, 2.45) is 0 Å². The van der Waals surface area contributed by atoms with Crippen LogP contribution in [-0.2, 0) is 0 Å². The normalized spacial score (nSPS) is 17.3. The molecular weight excluding hydrogens is 625 g/mol. The number of hydrogen-bond acceptors (Lipinski definition) is 6. The van der Waals surface area contributed by atoms with Crippen LogP contribution in [0.5, 0.6) is 0 Å². The summed E-state index contributed by atoms with van der Waals surface area (Å²) >= 11 is 3.63. The molecule has 0 radical (unpaired) electrons. The first kappa shape index (κ1) is 28.9. The summed E-state index contributed by atoms with van der Waals surface area (Å²) in [5, 5.41) is 4.74. The fourth-order valence-corrected chi connectivity index (χ4v) is 8.43. The van der Waals surface area contributed by atoms with Crippen LogP contribution in [0.3, 0.4) is 0 Å². The van der Waals surface area contributed by atoms with Gasteiger partial charge in [-0.05, 0) is 100 Å². The third kappa shape index (κ3) is 5.63. The smallest absolute Gasteiger partial charge is 0.163 e. The summed E-state index contributed by atoms with van der Waals surface area (Å²) in [5.74, 6) is 2.56.